The van der Waals surface area contributed by atoms with E-state index in [0.717, 1.165) is 11.3 Å². The fourth-order valence-corrected chi connectivity index (χ4v) is 4.51. The second kappa shape index (κ2) is 9.98. The lowest BCUT2D eigenvalue weighted by molar-refractivity contribution is -0.193. The molecule has 0 saturated heterocycles. The minimum absolute atomic E-state index is 0.128. The molecule has 1 amide bonds. The Hall–Kier alpha value is -1.53. The van der Waals surface area contributed by atoms with Crippen LogP contribution in [0.3, 0.4) is 0 Å². The predicted octanol–water partition coefficient (Wildman–Crippen LogP) is 3.96. The third-order valence-corrected chi connectivity index (χ3v) is 6.36. The number of amides is 1. The van der Waals surface area contributed by atoms with E-state index in [1.54, 1.807) is 27.0 Å². The molecule has 0 bridgehead atoms. The zero-order valence-electron chi connectivity index (χ0n) is 16.7. The molecule has 2 heterocycles. The first-order valence-electron chi connectivity index (χ1n) is 8.71. The molecular weight excluding hydrogens is 482 g/mol. The molecule has 0 aliphatic rings. The Morgan fingerprint density at radius 3 is 2.66 bits per heavy atom. The Bertz CT molecular complexity index is 917. The van der Waals surface area contributed by atoms with Gasteiger partial charge in [0.05, 0.1) is 21.5 Å². The van der Waals surface area contributed by atoms with Crippen LogP contribution < -0.4 is 5.32 Å². The highest BCUT2D eigenvalue weighted by molar-refractivity contribution is 9.10. The number of ether oxygens (including phenoxy) is 2. The lowest BCUT2D eigenvalue weighted by atomic mass is 10.1. The number of hydrogen-bond donors (Lipinski definition) is 2. The molecule has 2 aromatic heterocycles. The Balaban J connectivity index is 2.50. The highest BCUT2D eigenvalue weighted by atomic mass is 79.9. The fourth-order valence-electron chi connectivity index (χ4n) is 2.61. The molecule has 11 heteroatoms. The molecule has 0 spiro atoms. The van der Waals surface area contributed by atoms with Gasteiger partial charge in [-0.3, -0.25) is 4.79 Å². The van der Waals surface area contributed by atoms with Gasteiger partial charge in [0.15, 0.2) is 10.9 Å². The first-order chi connectivity index (χ1) is 13.7. The van der Waals surface area contributed by atoms with Crippen molar-refractivity contribution in [3.63, 3.8) is 0 Å². The third-order valence-electron chi connectivity index (χ3n) is 3.82. The summed E-state index contributed by atoms with van der Waals surface area (Å²) in [4.78, 5) is 34.1. The van der Waals surface area contributed by atoms with Gasteiger partial charge in [0.2, 0.25) is 0 Å². The summed E-state index contributed by atoms with van der Waals surface area (Å²) in [6.07, 6.45) is 3.29. The lowest BCUT2D eigenvalue weighted by Crippen LogP contribution is -2.25. The molecule has 0 fully saturated rings. The maximum atomic E-state index is 12.9. The Labute approximate surface area is 185 Å². The van der Waals surface area contributed by atoms with E-state index >= 15 is 0 Å². The molecule has 0 saturated carbocycles. The molecule has 2 N–H and O–H groups in total. The molecule has 0 unspecified atom stereocenters. The van der Waals surface area contributed by atoms with E-state index in [1.807, 2.05) is 0 Å². The van der Waals surface area contributed by atoms with Crippen LogP contribution in [0.5, 0.6) is 0 Å². The van der Waals surface area contributed by atoms with Crippen molar-refractivity contribution in [1.29, 1.82) is 0 Å². The number of thiophene rings is 1. The van der Waals surface area contributed by atoms with Crippen molar-refractivity contribution in [3.8, 4) is 0 Å². The van der Waals surface area contributed by atoms with E-state index in [0.29, 0.717) is 20.1 Å². The van der Waals surface area contributed by atoms with Crippen LogP contribution in [-0.4, -0.2) is 46.4 Å². The zero-order valence-corrected chi connectivity index (χ0v) is 19.9. The van der Waals surface area contributed by atoms with Crippen LogP contribution in [0.2, 0.25) is 0 Å². The van der Waals surface area contributed by atoms with E-state index in [-0.39, 0.29) is 29.5 Å². The molecule has 1 atom stereocenters. The van der Waals surface area contributed by atoms with Gasteiger partial charge in [-0.25, -0.2) is 14.8 Å². The summed E-state index contributed by atoms with van der Waals surface area (Å²) in [5.41, 5.74) is 0.785. The normalized spacial score (nSPS) is 13.1. The molecule has 0 radical (unpaired) electrons. The van der Waals surface area contributed by atoms with Gasteiger partial charge in [-0.15, -0.1) is 11.3 Å². The van der Waals surface area contributed by atoms with E-state index in [1.165, 1.54) is 24.9 Å². The number of anilines is 1. The molecule has 0 aromatic carbocycles. The summed E-state index contributed by atoms with van der Waals surface area (Å²) in [6, 6.07) is 0. The second-order valence-corrected chi connectivity index (χ2v) is 8.55. The van der Waals surface area contributed by atoms with Crippen LogP contribution in [0, 0.1) is 6.92 Å². The van der Waals surface area contributed by atoms with Crippen molar-refractivity contribution in [2.45, 2.75) is 38.6 Å². The minimum atomic E-state index is -1.62. The number of hydrogen-bond acceptors (Lipinski definition) is 9. The number of aromatic nitrogens is 2. The molecular formula is C18H22BrN3O5S2. The quantitative estimate of drug-likeness (QED) is 0.241. The molecule has 0 aliphatic heterocycles. The largest absolute Gasteiger partial charge is 0.462 e. The maximum Gasteiger partial charge on any atom is 0.341 e. The maximum absolute atomic E-state index is 12.9. The number of rotatable bonds is 8. The Kier molecular flexibility index (Phi) is 8.18. The fraction of sp³-hybridized carbons (Fsp3) is 0.444. The predicted molar refractivity (Wildman–Crippen MR) is 116 cm³/mol. The summed E-state index contributed by atoms with van der Waals surface area (Å²) in [5, 5.41) is 14.1. The smallest absolute Gasteiger partial charge is 0.341 e. The van der Waals surface area contributed by atoms with Crippen molar-refractivity contribution >= 4 is 55.9 Å². The van der Waals surface area contributed by atoms with Gasteiger partial charge in [0.25, 0.3) is 5.91 Å². The molecule has 2 rings (SSSR count). The monoisotopic (exact) mass is 503 g/mol. The van der Waals surface area contributed by atoms with E-state index < -0.39 is 17.7 Å². The molecule has 0 aliphatic carbocycles. The van der Waals surface area contributed by atoms with Crippen molar-refractivity contribution in [3.05, 3.63) is 32.4 Å². The van der Waals surface area contributed by atoms with Gasteiger partial charge in [0, 0.05) is 12.8 Å². The van der Waals surface area contributed by atoms with Gasteiger partial charge in [-0.2, -0.15) is 0 Å². The number of nitrogens with one attached hydrogen (secondary N) is 1. The summed E-state index contributed by atoms with van der Waals surface area (Å²) in [6.45, 7) is 7.05. The van der Waals surface area contributed by atoms with Crippen LogP contribution in [0.4, 0.5) is 5.00 Å². The molecule has 8 nitrogen and oxygen atoms in total. The standard InChI is InChI=1S/C18H22BrN3O5S2/c1-6-26-16(24)11-9(3)13(18(4,25)27-7-2)29-15(11)22-14(23)12-10(19)8-20-17(21-12)28-5/h8,25H,6-7H2,1-5H3,(H,22,23)/t18-/m0/s1. The minimum Gasteiger partial charge on any atom is -0.462 e. The van der Waals surface area contributed by atoms with Crippen LogP contribution in [0.15, 0.2) is 15.8 Å². The van der Waals surface area contributed by atoms with E-state index in [4.69, 9.17) is 9.47 Å². The molecule has 29 heavy (non-hydrogen) atoms. The molecule has 2 aromatic rings. The SMILES string of the molecule is CCOC(=O)c1c(NC(=O)c2nc(SC)ncc2Br)sc([C@@](C)(O)OCC)c1C. The number of halogens is 1. The number of carbonyl (C=O) groups excluding carboxylic acids is 2. The van der Waals surface area contributed by atoms with Gasteiger partial charge >= 0.3 is 5.97 Å². The van der Waals surface area contributed by atoms with Crippen LogP contribution >= 0.6 is 39.0 Å². The van der Waals surface area contributed by atoms with Gasteiger partial charge < -0.3 is 19.9 Å². The third kappa shape index (κ3) is 5.34. The highest BCUT2D eigenvalue weighted by Gasteiger charge is 2.34. The lowest BCUT2D eigenvalue weighted by Gasteiger charge is -2.22. The number of nitrogens with zero attached hydrogens (tertiary/aromatic N) is 2. The summed E-state index contributed by atoms with van der Waals surface area (Å²) >= 11 is 5.63. The van der Waals surface area contributed by atoms with Gasteiger partial charge in [-0.05, 0) is 55.4 Å². The van der Waals surface area contributed by atoms with Crippen LogP contribution in [0.25, 0.3) is 0 Å². The average Bonchev–Trinajstić information content (AvgIpc) is 2.99. The summed E-state index contributed by atoms with van der Waals surface area (Å²) < 4.78 is 11.0. The second-order valence-electron chi connectivity index (χ2n) is 5.90. The van der Waals surface area contributed by atoms with Crippen molar-refractivity contribution < 1.29 is 24.2 Å². The highest BCUT2D eigenvalue weighted by Crippen LogP contribution is 2.40. The summed E-state index contributed by atoms with van der Waals surface area (Å²) in [5.74, 6) is -2.74. The van der Waals surface area contributed by atoms with E-state index in [2.05, 4.69) is 31.2 Å². The first kappa shape index (κ1) is 23.7. The average molecular weight is 504 g/mol. The van der Waals surface area contributed by atoms with Gasteiger partial charge in [0.1, 0.15) is 10.7 Å². The van der Waals surface area contributed by atoms with Crippen molar-refractivity contribution in [1.82, 2.24) is 9.97 Å². The number of esters is 1. The number of carbonyl (C=O) groups is 2. The van der Waals surface area contributed by atoms with Gasteiger partial charge in [-0.1, -0.05) is 11.8 Å². The Morgan fingerprint density at radius 2 is 2.07 bits per heavy atom. The van der Waals surface area contributed by atoms with Crippen molar-refractivity contribution in [2.24, 2.45) is 0 Å². The number of thioether (sulfide) groups is 1. The Morgan fingerprint density at radius 1 is 1.38 bits per heavy atom. The van der Waals surface area contributed by atoms with Crippen LogP contribution in [0.1, 0.15) is 52.1 Å². The topological polar surface area (TPSA) is 111 Å². The molecule has 158 valence electrons. The van der Waals surface area contributed by atoms with Crippen molar-refractivity contribution in [2.75, 3.05) is 24.8 Å². The summed E-state index contributed by atoms with van der Waals surface area (Å²) in [7, 11) is 0. The van der Waals surface area contributed by atoms with Crippen LogP contribution in [-0.2, 0) is 15.3 Å². The first-order valence-corrected chi connectivity index (χ1v) is 11.5. The van der Waals surface area contributed by atoms with E-state index in [9.17, 15) is 14.7 Å². The number of aliphatic hydroxyl groups is 1. The zero-order chi connectivity index (χ0) is 21.8.